The Kier molecular flexibility index (Phi) is 4.60. The average Bonchev–Trinajstić information content (AvgIpc) is 1.83. The van der Waals surface area contributed by atoms with Crippen molar-refractivity contribution in [3.63, 3.8) is 0 Å². The lowest BCUT2D eigenvalue weighted by atomic mass is 10.6. The minimum atomic E-state index is -4.62. The highest BCUT2D eigenvalue weighted by atomic mass is 19.4. The Morgan fingerprint density at radius 2 is 2.08 bits per heavy atom. The largest absolute Gasteiger partial charge is 0.522 e. The Hall–Kier alpha value is -0.820. The number of ether oxygens (including phenoxy) is 1. The summed E-state index contributed by atoms with van der Waals surface area (Å²) >= 11 is 0. The van der Waals surface area contributed by atoms with E-state index in [4.69, 9.17) is 5.73 Å². The van der Waals surface area contributed by atoms with Crippen LogP contribution in [0.25, 0.3) is 0 Å². The maximum absolute atomic E-state index is 11.3. The fraction of sp³-hybridized carbons (Fsp3) is 0.800. The van der Waals surface area contributed by atoms with Gasteiger partial charge in [0.15, 0.2) is 0 Å². The molecule has 0 radical (unpaired) electrons. The topological polar surface area (TPSA) is 64.4 Å². The molecule has 0 fully saturated rings. The fourth-order valence-corrected chi connectivity index (χ4v) is 0.451. The van der Waals surface area contributed by atoms with Crippen LogP contribution in [-0.2, 0) is 9.53 Å². The molecule has 0 aromatic carbocycles. The van der Waals surface area contributed by atoms with Crippen molar-refractivity contribution in [2.45, 2.75) is 6.36 Å². The number of carbonyl (C=O) groups excluding carboxylic acids is 1. The van der Waals surface area contributed by atoms with Gasteiger partial charge in [0.25, 0.3) is 0 Å². The van der Waals surface area contributed by atoms with E-state index in [-0.39, 0.29) is 13.1 Å². The first-order chi connectivity index (χ1) is 5.42. The third-order valence-electron chi connectivity index (χ3n) is 0.844. The van der Waals surface area contributed by atoms with Crippen molar-refractivity contribution in [2.75, 3.05) is 19.7 Å². The van der Waals surface area contributed by atoms with E-state index in [0.717, 1.165) is 0 Å². The van der Waals surface area contributed by atoms with E-state index < -0.39 is 18.9 Å². The normalized spacial score (nSPS) is 11.6. The summed E-state index contributed by atoms with van der Waals surface area (Å²) in [6, 6.07) is 0. The van der Waals surface area contributed by atoms with Gasteiger partial charge in [0, 0.05) is 6.54 Å². The number of nitrogens with one attached hydrogen (secondary N) is 1. The van der Waals surface area contributed by atoms with E-state index in [1.165, 1.54) is 0 Å². The molecular formula is C5H9F3N2O2. The van der Waals surface area contributed by atoms with Crippen molar-refractivity contribution in [1.82, 2.24) is 5.32 Å². The second-order valence-electron chi connectivity index (χ2n) is 1.94. The molecule has 0 bridgehead atoms. The zero-order chi connectivity index (χ0) is 9.61. The van der Waals surface area contributed by atoms with Crippen LogP contribution in [0.3, 0.4) is 0 Å². The summed E-state index contributed by atoms with van der Waals surface area (Å²) in [5.41, 5.74) is 4.70. The van der Waals surface area contributed by atoms with Crippen LogP contribution in [0.1, 0.15) is 0 Å². The predicted molar refractivity (Wildman–Crippen MR) is 34.1 cm³/mol. The Morgan fingerprint density at radius 1 is 1.50 bits per heavy atom. The SMILES string of the molecule is NC(=O)CNCCOC(F)(F)F. The lowest BCUT2D eigenvalue weighted by Crippen LogP contribution is -2.32. The van der Waals surface area contributed by atoms with Gasteiger partial charge in [-0.3, -0.25) is 9.53 Å². The lowest BCUT2D eigenvalue weighted by Gasteiger charge is -2.06. The molecule has 4 nitrogen and oxygen atoms in total. The zero-order valence-corrected chi connectivity index (χ0v) is 6.15. The van der Waals surface area contributed by atoms with Crippen molar-refractivity contribution in [1.29, 1.82) is 0 Å². The second kappa shape index (κ2) is 4.94. The smallest absolute Gasteiger partial charge is 0.369 e. The van der Waals surface area contributed by atoms with Crippen LogP contribution in [0.2, 0.25) is 0 Å². The number of primary amides is 1. The quantitative estimate of drug-likeness (QED) is 0.574. The van der Waals surface area contributed by atoms with E-state index in [9.17, 15) is 18.0 Å². The summed E-state index contributed by atoms with van der Waals surface area (Å²) in [5.74, 6) is -0.623. The molecular weight excluding hydrogens is 177 g/mol. The molecule has 0 aliphatic rings. The maximum atomic E-state index is 11.3. The fourth-order valence-electron chi connectivity index (χ4n) is 0.451. The van der Waals surface area contributed by atoms with E-state index in [2.05, 4.69) is 10.1 Å². The molecule has 0 aliphatic carbocycles. The number of halogens is 3. The minimum absolute atomic E-state index is 0.0670. The van der Waals surface area contributed by atoms with Crippen LogP contribution >= 0.6 is 0 Å². The number of nitrogens with two attached hydrogens (primary N) is 1. The number of amides is 1. The molecule has 0 heterocycles. The number of carbonyl (C=O) groups is 1. The minimum Gasteiger partial charge on any atom is -0.369 e. The van der Waals surface area contributed by atoms with Crippen LogP contribution < -0.4 is 11.1 Å². The number of rotatable bonds is 5. The van der Waals surface area contributed by atoms with Crippen LogP contribution in [-0.4, -0.2) is 32.0 Å². The molecule has 0 atom stereocenters. The molecule has 0 saturated heterocycles. The van der Waals surface area contributed by atoms with Crippen molar-refractivity contribution < 1.29 is 22.7 Å². The molecule has 0 unspecified atom stereocenters. The number of hydrogen-bond donors (Lipinski definition) is 2. The molecule has 0 spiro atoms. The molecule has 0 rings (SSSR count). The summed E-state index contributed by atoms with van der Waals surface area (Å²) in [6.45, 7) is -0.750. The van der Waals surface area contributed by atoms with Gasteiger partial charge in [0.1, 0.15) is 0 Å². The molecule has 72 valence electrons. The Morgan fingerprint density at radius 3 is 2.50 bits per heavy atom. The first-order valence-electron chi connectivity index (χ1n) is 3.11. The highest BCUT2D eigenvalue weighted by Crippen LogP contribution is 2.14. The van der Waals surface area contributed by atoms with Crippen LogP contribution in [0.15, 0.2) is 0 Å². The summed E-state index contributed by atoms with van der Waals surface area (Å²) in [7, 11) is 0. The first-order valence-corrected chi connectivity index (χ1v) is 3.11. The molecule has 0 saturated carbocycles. The molecule has 7 heteroatoms. The summed E-state index contributed by atoms with van der Waals surface area (Å²) < 4.78 is 37.3. The Labute approximate surface area is 66.9 Å². The molecule has 0 aromatic rings. The first kappa shape index (κ1) is 11.2. The van der Waals surface area contributed by atoms with Gasteiger partial charge in [-0.1, -0.05) is 0 Å². The standard InChI is InChI=1S/C5H9F3N2O2/c6-5(7,8)12-2-1-10-3-4(9)11/h10H,1-3H2,(H2,9,11). The van der Waals surface area contributed by atoms with Gasteiger partial charge in [-0.25, -0.2) is 0 Å². The third kappa shape index (κ3) is 9.18. The second-order valence-corrected chi connectivity index (χ2v) is 1.94. The molecule has 12 heavy (non-hydrogen) atoms. The van der Waals surface area contributed by atoms with Gasteiger partial charge in [-0.15, -0.1) is 13.2 Å². The number of alkyl halides is 3. The molecule has 0 aliphatic heterocycles. The van der Waals surface area contributed by atoms with Crippen molar-refractivity contribution in [3.05, 3.63) is 0 Å². The van der Waals surface area contributed by atoms with Crippen LogP contribution in [0.4, 0.5) is 13.2 Å². The highest BCUT2D eigenvalue weighted by Gasteiger charge is 2.28. The zero-order valence-electron chi connectivity index (χ0n) is 6.15. The summed E-state index contributed by atoms with van der Waals surface area (Å²) in [6.07, 6.45) is -4.62. The van der Waals surface area contributed by atoms with Gasteiger partial charge in [0.2, 0.25) is 5.91 Å². The highest BCUT2D eigenvalue weighted by molar-refractivity contribution is 5.75. The van der Waals surface area contributed by atoms with E-state index >= 15 is 0 Å². The summed E-state index contributed by atoms with van der Waals surface area (Å²) in [4.78, 5) is 10.1. The Bertz CT molecular complexity index is 148. The van der Waals surface area contributed by atoms with E-state index in [0.29, 0.717) is 0 Å². The average molecular weight is 186 g/mol. The van der Waals surface area contributed by atoms with Crippen molar-refractivity contribution in [2.24, 2.45) is 5.73 Å². The molecule has 3 N–H and O–H groups in total. The van der Waals surface area contributed by atoms with Crippen molar-refractivity contribution in [3.8, 4) is 0 Å². The molecule has 1 amide bonds. The van der Waals surface area contributed by atoms with Gasteiger partial charge in [-0.2, -0.15) is 0 Å². The predicted octanol–water partition coefficient (Wildman–Crippen LogP) is -0.402. The lowest BCUT2D eigenvalue weighted by molar-refractivity contribution is -0.323. The van der Waals surface area contributed by atoms with Gasteiger partial charge >= 0.3 is 6.36 Å². The van der Waals surface area contributed by atoms with Crippen LogP contribution in [0, 0.1) is 0 Å². The van der Waals surface area contributed by atoms with Crippen LogP contribution in [0.5, 0.6) is 0 Å². The molecule has 0 aromatic heterocycles. The number of hydrogen-bond acceptors (Lipinski definition) is 3. The monoisotopic (exact) mass is 186 g/mol. The maximum Gasteiger partial charge on any atom is 0.522 e. The van der Waals surface area contributed by atoms with Gasteiger partial charge < -0.3 is 11.1 Å². The van der Waals surface area contributed by atoms with E-state index in [1.54, 1.807) is 0 Å². The Balaban J connectivity index is 3.17. The summed E-state index contributed by atoms with van der Waals surface area (Å²) in [5, 5.41) is 2.36. The van der Waals surface area contributed by atoms with E-state index in [1.807, 2.05) is 0 Å². The van der Waals surface area contributed by atoms with Crippen molar-refractivity contribution >= 4 is 5.91 Å². The van der Waals surface area contributed by atoms with Gasteiger partial charge in [0.05, 0.1) is 13.2 Å². The van der Waals surface area contributed by atoms with Gasteiger partial charge in [-0.05, 0) is 0 Å². The third-order valence-corrected chi connectivity index (χ3v) is 0.844.